The Kier molecular flexibility index (Phi) is 5.38. The Bertz CT molecular complexity index is 430. The SMILES string of the molecule is CN(C)CCCN(C)c1ccc(CNC2CC2)cc1F. The van der Waals surface area contributed by atoms with Gasteiger partial charge in [0.05, 0.1) is 5.69 Å². The third-order valence-corrected chi connectivity index (χ3v) is 3.69. The maximum Gasteiger partial charge on any atom is 0.146 e. The summed E-state index contributed by atoms with van der Waals surface area (Å²) in [4.78, 5) is 4.15. The van der Waals surface area contributed by atoms with Gasteiger partial charge in [0.1, 0.15) is 5.82 Å². The van der Waals surface area contributed by atoms with E-state index in [0.717, 1.165) is 31.6 Å². The Morgan fingerprint density at radius 3 is 2.55 bits per heavy atom. The molecule has 0 heterocycles. The van der Waals surface area contributed by atoms with Crippen LogP contribution in [0.2, 0.25) is 0 Å². The average molecular weight is 279 g/mol. The molecule has 0 aliphatic heterocycles. The normalized spacial score (nSPS) is 14.8. The van der Waals surface area contributed by atoms with Crippen molar-refractivity contribution >= 4 is 5.69 Å². The number of hydrogen-bond acceptors (Lipinski definition) is 3. The summed E-state index contributed by atoms with van der Waals surface area (Å²) in [5.41, 5.74) is 1.72. The van der Waals surface area contributed by atoms with E-state index in [1.165, 1.54) is 12.8 Å². The molecule has 3 nitrogen and oxygen atoms in total. The van der Waals surface area contributed by atoms with Crippen molar-refractivity contribution in [2.45, 2.75) is 31.8 Å². The average Bonchev–Trinajstić information content (AvgIpc) is 3.19. The summed E-state index contributed by atoms with van der Waals surface area (Å²) in [7, 11) is 6.07. The number of halogens is 1. The van der Waals surface area contributed by atoms with E-state index in [4.69, 9.17) is 0 Å². The molecule has 0 unspecified atom stereocenters. The van der Waals surface area contributed by atoms with Gasteiger partial charge >= 0.3 is 0 Å². The van der Waals surface area contributed by atoms with Crippen LogP contribution in [0.1, 0.15) is 24.8 Å². The minimum atomic E-state index is -0.118. The van der Waals surface area contributed by atoms with E-state index in [0.29, 0.717) is 11.7 Å². The van der Waals surface area contributed by atoms with Crippen LogP contribution in [-0.4, -0.2) is 45.2 Å². The predicted octanol–water partition coefficient (Wildman–Crippen LogP) is 2.47. The Morgan fingerprint density at radius 2 is 1.95 bits per heavy atom. The molecule has 0 spiro atoms. The Hall–Kier alpha value is -1.13. The number of benzene rings is 1. The predicted molar refractivity (Wildman–Crippen MR) is 82.7 cm³/mol. The minimum Gasteiger partial charge on any atom is -0.372 e. The second-order valence-corrected chi connectivity index (χ2v) is 6.02. The van der Waals surface area contributed by atoms with E-state index in [2.05, 4.69) is 24.3 Å². The molecule has 1 aliphatic carbocycles. The van der Waals surface area contributed by atoms with Gasteiger partial charge < -0.3 is 15.1 Å². The maximum absolute atomic E-state index is 14.1. The van der Waals surface area contributed by atoms with Crippen LogP contribution in [-0.2, 0) is 6.54 Å². The van der Waals surface area contributed by atoms with Gasteiger partial charge in [-0.25, -0.2) is 4.39 Å². The van der Waals surface area contributed by atoms with E-state index in [1.807, 2.05) is 24.1 Å². The number of hydrogen-bond donors (Lipinski definition) is 1. The number of nitrogens with zero attached hydrogens (tertiary/aromatic N) is 2. The van der Waals surface area contributed by atoms with Gasteiger partial charge in [-0.1, -0.05) is 6.07 Å². The molecule has 1 saturated carbocycles. The van der Waals surface area contributed by atoms with Crippen molar-refractivity contribution < 1.29 is 4.39 Å². The van der Waals surface area contributed by atoms with Crippen molar-refractivity contribution in [1.29, 1.82) is 0 Å². The fourth-order valence-corrected chi connectivity index (χ4v) is 2.26. The zero-order valence-electron chi connectivity index (χ0n) is 12.8. The van der Waals surface area contributed by atoms with E-state index in [1.54, 1.807) is 6.07 Å². The second kappa shape index (κ2) is 7.04. The van der Waals surface area contributed by atoms with Gasteiger partial charge in [0, 0.05) is 26.2 Å². The standard InChI is InChI=1S/C16H26FN3/c1-19(2)9-4-10-20(3)16-8-5-13(11-15(16)17)12-18-14-6-7-14/h5,8,11,14,18H,4,6-7,9-10,12H2,1-3H3. The molecule has 2 rings (SSSR count). The molecular weight excluding hydrogens is 253 g/mol. The first-order valence-corrected chi connectivity index (χ1v) is 7.44. The van der Waals surface area contributed by atoms with Crippen LogP contribution in [0.5, 0.6) is 0 Å². The summed E-state index contributed by atoms with van der Waals surface area (Å²) in [6.07, 6.45) is 3.55. The summed E-state index contributed by atoms with van der Waals surface area (Å²) in [5, 5.41) is 3.41. The lowest BCUT2D eigenvalue weighted by molar-refractivity contribution is 0.401. The maximum atomic E-state index is 14.1. The molecule has 1 N–H and O–H groups in total. The molecule has 112 valence electrons. The molecule has 0 atom stereocenters. The van der Waals surface area contributed by atoms with E-state index in [9.17, 15) is 4.39 Å². The molecule has 1 aromatic rings. The zero-order valence-corrected chi connectivity index (χ0v) is 12.8. The lowest BCUT2D eigenvalue weighted by atomic mass is 10.1. The Morgan fingerprint density at radius 1 is 1.20 bits per heavy atom. The van der Waals surface area contributed by atoms with E-state index >= 15 is 0 Å². The second-order valence-electron chi connectivity index (χ2n) is 6.02. The number of rotatable bonds is 8. The first-order valence-electron chi connectivity index (χ1n) is 7.44. The highest BCUT2D eigenvalue weighted by molar-refractivity contribution is 5.48. The van der Waals surface area contributed by atoms with Crippen LogP contribution in [0.15, 0.2) is 18.2 Å². The van der Waals surface area contributed by atoms with Crippen LogP contribution in [0.3, 0.4) is 0 Å². The third kappa shape index (κ3) is 4.76. The fraction of sp³-hybridized carbons (Fsp3) is 0.625. The van der Waals surface area contributed by atoms with Gasteiger partial charge in [-0.05, 0) is 57.6 Å². The lowest BCUT2D eigenvalue weighted by Crippen LogP contribution is -2.24. The van der Waals surface area contributed by atoms with E-state index in [-0.39, 0.29) is 5.82 Å². The van der Waals surface area contributed by atoms with Crippen LogP contribution in [0.4, 0.5) is 10.1 Å². The Labute approximate surface area is 121 Å². The van der Waals surface area contributed by atoms with Crippen molar-refractivity contribution in [3.8, 4) is 0 Å². The van der Waals surface area contributed by atoms with Crippen LogP contribution < -0.4 is 10.2 Å². The molecule has 0 aromatic heterocycles. The lowest BCUT2D eigenvalue weighted by Gasteiger charge is -2.21. The van der Waals surface area contributed by atoms with Gasteiger partial charge in [0.15, 0.2) is 0 Å². The smallest absolute Gasteiger partial charge is 0.146 e. The molecule has 1 aliphatic rings. The monoisotopic (exact) mass is 279 g/mol. The summed E-state index contributed by atoms with van der Waals surface area (Å²) < 4.78 is 14.1. The van der Waals surface area contributed by atoms with Crippen molar-refractivity contribution in [3.63, 3.8) is 0 Å². The zero-order chi connectivity index (χ0) is 14.5. The van der Waals surface area contributed by atoms with Gasteiger partial charge in [-0.2, -0.15) is 0 Å². The molecule has 20 heavy (non-hydrogen) atoms. The first-order chi connectivity index (χ1) is 9.56. The van der Waals surface area contributed by atoms with Gasteiger partial charge in [-0.3, -0.25) is 0 Å². The molecule has 1 aromatic carbocycles. The van der Waals surface area contributed by atoms with Crippen molar-refractivity contribution in [2.75, 3.05) is 39.1 Å². The summed E-state index contributed by atoms with van der Waals surface area (Å²) in [6, 6.07) is 6.24. The third-order valence-electron chi connectivity index (χ3n) is 3.69. The number of nitrogens with one attached hydrogen (secondary N) is 1. The number of anilines is 1. The van der Waals surface area contributed by atoms with Crippen LogP contribution in [0, 0.1) is 5.82 Å². The minimum absolute atomic E-state index is 0.118. The van der Waals surface area contributed by atoms with Gasteiger partial charge in [0.25, 0.3) is 0 Å². The summed E-state index contributed by atoms with van der Waals surface area (Å²) in [5.74, 6) is -0.118. The largest absolute Gasteiger partial charge is 0.372 e. The molecular formula is C16H26FN3. The highest BCUT2D eigenvalue weighted by Gasteiger charge is 2.20. The molecule has 0 saturated heterocycles. The van der Waals surface area contributed by atoms with Crippen LogP contribution in [0.25, 0.3) is 0 Å². The highest BCUT2D eigenvalue weighted by atomic mass is 19.1. The molecule has 0 bridgehead atoms. The summed E-state index contributed by atoms with van der Waals surface area (Å²) >= 11 is 0. The summed E-state index contributed by atoms with van der Waals surface area (Å²) in [6.45, 7) is 2.66. The van der Waals surface area contributed by atoms with Gasteiger partial charge in [-0.15, -0.1) is 0 Å². The Balaban J connectivity index is 1.86. The first kappa shape index (κ1) is 15.3. The van der Waals surface area contributed by atoms with Crippen molar-refractivity contribution in [3.05, 3.63) is 29.6 Å². The molecule has 1 fully saturated rings. The fourth-order valence-electron chi connectivity index (χ4n) is 2.26. The van der Waals surface area contributed by atoms with Crippen molar-refractivity contribution in [2.24, 2.45) is 0 Å². The quantitative estimate of drug-likeness (QED) is 0.788. The molecule has 4 heteroatoms. The van der Waals surface area contributed by atoms with E-state index < -0.39 is 0 Å². The van der Waals surface area contributed by atoms with Crippen molar-refractivity contribution in [1.82, 2.24) is 10.2 Å². The van der Waals surface area contributed by atoms with Crippen LogP contribution >= 0.6 is 0 Å². The highest BCUT2D eigenvalue weighted by Crippen LogP contribution is 2.22. The molecule has 0 radical (unpaired) electrons. The molecule has 0 amide bonds. The topological polar surface area (TPSA) is 18.5 Å². The van der Waals surface area contributed by atoms with Gasteiger partial charge in [0.2, 0.25) is 0 Å².